The molecule has 0 spiro atoms. The number of nitrogens with one attached hydrogen (secondary N) is 2. The first-order valence-corrected chi connectivity index (χ1v) is 6.83. The van der Waals surface area contributed by atoms with Crippen LogP contribution in [0.3, 0.4) is 0 Å². The molecule has 0 unspecified atom stereocenters. The van der Waals surface area contributed by atoms with Crippen molar-refractivity contribution in [1.29, 1.82) is 0 Å². The van der Waals surface area contributed by atoms with Crippen molar-refractivity contribution in [3.05, 3.63) is 58.3 Å². The van der Waals surface area contributed by atoms with Crippen molar-refractivity contribution in [2.75, 3.05) is 27.2 Å². The third-order valence-electron chi connectivity index (χ3n) is 3.13. The molecular weight excluding hydrogens is 268 g/mol. The second-order valence-corrected chi connectivity index (χ2v) is 5.11. The number of aromatic amines is 1. The lowest BCUT2D eigenvalue weighted by atomic mass is 10.2. The molecule has 0 fully saturated rings. The Morgan fingerprint density at radius 1 is 1.29 bits per heavy atom. The highest BCUT2D eigenvalue weighted by molar-refractivity contribution is 5.92. The fourth-order valence-electron chi connectivity index (χ4n) is 1.99. The molecule has 2 N–H and O–H groups in total. The number of imidazole rings is 1. The molecule has 0 aliphatic rings. The van der Waals surface area contributed by atoms with Gasteiger partial charge in [0.25, 0.3) is 5.91 Å². The number of rotatable bonds is 6. The molecule has 0 radical (unpaired) electrons. The predicted molar refractivity (Wildman–Crippen MR) is 81.5 cm³/mol. The molecular formula is C15H20N4O2. The third kappa shape index (κ3) is 4.06. The summed E-state index contributed by atoms with van der Waals surface area (Å²) < 4.78 is 1.44. The van der Waals surface area contributed by atoms with Crippen LogP contribution in [0.2, 0.25) is 0 Å². The fraction of sp³-hybridized carbons (Fsp3) is 0.333. The minimum atomic E-state index is -0.281. The SMILES string of the molecule is CN(C)CCNC(=O)c1c[nH]c(=O)n1Cc1ccccc1. The highest BCUT2D eigenvalue weighted by Crippen LogP contribution is 2.03. The van der Waals surface area contributed by atoms with Crippen LogP contribution in [0.1, 0.15) is 16.1 Å². The van der Waals surface area contributed by atoms with Crippen LogP contribution >= 0.6 is 0 Å². The number of likely N-dealkylation sites (N-methyl/N-ethyl adjacent to an activating group) is 1. The summed E-state index contributed by atoms with van der Waals surface area (Å²) in [6.07, 6.45) is 1.45. The quantitative estimate of drug-likeness (QED) is 0.814. The lowest BCUT2D eigenvalue weighted by molar-refractivity contribution is 0.0942. The molecule has 0 atom stereocenters. The van der Waals surface area contributed by atoms with Crippen molar-refractivity contribution in [2.24, 2.45) is 0 Å². The van der Waals surface area contributed by atoms with E-state index in [1.807, 2.05) is 49.3 Å². The molecule has 0 aliphatic carbocycles. The van der Waals surface area contributed by atoms with E-state index >= 15 is 0 Å². The molecule has 1 aromatic heterocycles. The van der Waals surface area contributed by atoms with Crippen LogP contribution in [0.4, 0.5) is 0 Å². The summed E-state index contributed by atoms with van der Waals surface area (Å²) in [5.41, 5.74) is 1.04. The zero-order valence-electron chi connectivity index (χ0n) is 12.3. The van der Waals surface area contributed by atoms with Gasteiger partial charge in [-0.2, -0.15) is 0 Å². The fourth-order valence-corrected chi connectivity index (χ4v) is 1.99. The number of nitrogens with zero attached hydrogens (tertiary/aromatic N) is 2. The van der Waals surface area contributed by atoms with E-state index in [2.05, 4.69) is 10.3 Å². The molecule has 6 nitrogen and oxygen atoms in total. The van der Waals surface area contributed by atoms with Crippen LogP contribution in [-0.4, -0.2) is 47.5 Å². The van der Waals surface area contributed by atoms with E-state index in [-0.39, 0.29) is 11.6 Å². The zero-order chi connectivity index (χ0) is 15.2. The third-order valence-corrected chi connectivity index (χ3v) is 3.13. The van der Waals surface area contributed by atoms with Gasteiger partial charge in [-0.25, -0.2) is 4.79 Å². The van der Waals surface area contributed by atoms with Gasteiger partial charge in [0, 0.05) is 19.3 Å². The van der Waals surface area contributed by atoms with Crippen molar-refractivity contribution in [3.63, 3.8) is 0 Å². The first kappa shape index (κ1) is 15.1. The van der Waals surface area contributed by atoms with Crippen molar-refractivity contribution in [2.45, 2.75) is 6.54 Å². The van der Waals surface area contributed by atoms with E-state index < -0.39 is 0 Å². The number of H-pyrrole nitrogens is 1. The van der Waals surface area contributed by atoms with Gasteiger partial charge < -0.3 is 15.2 Å². The van der Waals surface area contributed by atoms with Crippen LogP contribution < -0.4 is 11.0 Å². The molecule has 0 saturated heterocycles. The Kier molecular flexibility index (Phi) is 4.94. The van der Waals surface area contributed by atoms with Crippen LogP contribution in [0, 0.1) is 0 Å². The van der Waals surface area contributed by atoms with E-state index in [1.165, 1.54) is 10.8 Å². The maximum absolute atomic E-state index is 12.1. The molecule has 112 valence electrons. The highest BCUT2D eigenvalue weighted by atomic mass is 16.2. The van der Waals surface area contributed by atoms with Gasteiger partial charge in [-0.15, -0.1) is 0 Å². The van der Waals surface area contributed by atoms with Gasteiger partial charge in [-0.3, -0.25) is 9.36 Å². The van der Waals surface area contributed by atoms with Gasteiger partial charge in [-0.05, 0) is 19.7 Å². The van der Waals surface area contributed by atoms with Gasteiger partial charge in [0.15, 0.2) is 0 Å². The number of hydrogen-bond donors (Lipinski definition) is 2. The first-order chi connectivity index (χ1) is 10.1. The molecule has 0 bridgehead atoms. The molecule has 0 aliphatic heterocycles. The van der Waals surface area contributed by atoms with Crippen molar-refractivity contribution in [3.8, 4) is 0 Å². The minimum absolute atomic E-state index is 0.244. The smallest absolute Gasteiger partial charge is 0.326 e. The molecule has 1 amide bonds. The van der Waals surface area contributed by atoms with Crippen LogP contribution in [0.15, 0.2) is 41.3 Å². The maximum atomic E-state index is 12.1. The van der Waals surface area contributed by atoms with Crippen LogP contribution in [0.25, 0.3) is 0 Å². The van der Waals surface area contributed by atoms with E-state index in [0.717, 1.165) is 12.1 Å². The average Bonchev–Trinajstić information content (AvgIpc) is 2.81. The highest BCUT2D eigenvalue weighted by Gasteiger charge is 2.14. The Bertz CT molecular complexity index is 643. The molecule has 2 aromatic rings. The summed E-state index contributed by atoms with van der Waals surface area (Å²) in [4.78, 5) is 28.5. The second kappa shape index (κ2) is 6.90. The normalized spacial score (nSPS) is 10.8. The van der Waals surface area contributed by atoms with E-state index in [4.69, 9.17) is 0 Å². The van der Waals surface area contributed by atoms with Crippen molar-refractivity contribution in [1.82, 2.24) is 19.8 Å². The molecule has 21 heavy (non-hydrogen) atoms. The summed E-state index contributed by atoms with van der Waals surface area (Å²) in [6, 6.07) is 9.58. The summed E-state index contributed by atoms with van der Waals surface area (Å²) >= 11 is 0. The summed E-state index contributed by atoms with van der Waals surface area (Å²) in [5.74, 6) is -0.244. The number of aromatic nitrogens is 2. The van der Waals surface area contributed by atoms with Gasteiger partial charge >= 0.3 is 5.69 Å². The Hall–Kier alpha value is -2.34. The number of hydrogen-bond acceptors (Lipinski definition) is 3. The molecule has 0 saturated carbocycles. The number of carbonyl (C=O) groups excluding carboxylic acids is 1. The Balaban J connectivity index is 2.11. The lowest BCUT2D eigenvalue weighted by Gasteiger charge is -2.11. The Labute approximate surface area is 123 Å². The summed E-state index contributed by atoms with van der Waals surface area (Å²) in [5, 5.41) is 2.81. The van der Waals surface area contributed by atoms with Crippen molar-refractivity contribution < 1.29 is 4.79 Å². The zero-order valence-corrected chi connectivity index (χ0v) is 12.3. The van der Waals surface area contributed by atoms with Gasteiger partial charge in [0.05, 0.1) is 6.54 Å². The van der Waals surface area contributed by atoms with Crippen LogP contribution in [0.5, 0.6) is 0 Å². The summed E-state index contributed by atoms with van der Waals surface area (Å²) in [7, 11) is 3.88. The van der Waals surface area contributed by atoms with Gasteiger partial charge in [0.2, 0.25) is 0 Å². The lowest BCUT2D eigenvalue weighted by Crippen LogP contribution is -2.33. The van der Waals surface area contributed by atoms with Gasteiger partial charge in [0.1, 0.15) is 5.69 Å². The number of carbonyl (C=O) groups is 1. The van der Waals surface area contributed by atoms with E-state index in [9.17, 15) is 9.59 Å². The molecule has 1 heterocycles. The standard InChI is InChI=1S/C15H20N4O2/c1-18(2)9-8-16-14(20)13-10-17-15(21)19(13)11-12-6-4-3-5-7-12/h3-7,10H,8-9,11H2,1-2H3,(H,16,20)(H,17,21). The predicted octanol–water partition coefficient (Wildman–Crippen LogP) is 0.516. The molecule has 2 rings (SSSR count). The molecule has 1 aromatic carbocycles. The van der Waals surface area contributed by atoms with Crippen molar-refractivity contribution >= 4 is 5.91 Å². The topological polar surface area (TPSA) is 70.1 Å². The average molecular weight is 288 g/mol. The monoisotopic (exact) mass is 288 g/mol. The van der Waals surface area contributed by atoms with E-state index in [0.29, 0.717) is 18.8 Å². The second-order valence-electron chi connectivity index (χ2n) is 5.11. The Morgan fingerprint density at radius 2 is 2.00 bits per heavy atom. The number of amides is 1. The largest absolute Gasteiger partial charge is 0.349 e. The minimum Gasteiger partial charge on any atom is -0.349 e. The van der Waals surface area contributed by atoms with Crippen LogP contribution in [-0.2, 0) is 6.54 Å². The first-order valence-electron chi connectivity index (χ1n) is 6.83. The van der Waals surface area contributed by atoms with E-state index in [1.54, 1.807) is 0 Å². The summed E-state index contributed by atoms with van der Waals surface area (Å²) in [6.45, 7) is 1.66. The number of benzene rings is 1. The van der Waals surface area contributed by atoms with Gasteiger partial charge in [-0.1, -0.05) is 30.3 Å². The molecule has 6 heteroatoms. The Morgan fingerprint density at radius 3 is 2.67 bits per heavy atom. The maximum Gasteiger partial charge on any atom is 0.326 e.